The van der Waals surface area contributed by atoms with Crippen LogP contribution >= 0.6 is 11.6 Å². The van der Waals surface area contributed by atoms with Crippen LogP contribution in [0.1, 0.15) is 44.1 Å². The summed E-state index contributed by atoms with van der Waals surface area (Å²) in [6.07, 6.45) is 8.37. The first-order valence-corrected chi connectivity index (χ1v) is 10.6. The van der Waals surface area contributed by atoms with E-state index in [-0.39, 0.29) is 12.0 Å². The lowest BCUT2D eigenvalue weighted by atomic mass is 9.92. The smallest absolute Gasteiger partial charge is 0.220 e. The molecule has 1 amide bonds. The number of nitrogens with one attached hydrogen (secondary N) is 1. The molecule has 5 heteroatoms. The van der Waals surface area contributed by atoms with Crippen LogP contribution in [0.2, 0.25) is 0 Å². The van der Waals surface area contributed by atoms with Gasteiger partial charge in [-0.1, -0.05) is 41.9 Å². The Morgan fingerprint density at radius 2 is 2.00 bits per heavy atom. The van der Waals surface area contributed by atoms with E-state index in [1.54, 1.807) is 0 Å². The molecule has 0 aromatic heterocycles. The molecule has 1 aromatic rings. The predicted molar refractivity (Wildman–Crippen MR) is 111 cm³/mol. The van der Waals surface area contributed by atoms with Crippen LogP contribution in [0.4, 0.5) is 0 Å². The first kappa shape index (κ1) is 20.4. The highest BCUT2D eigenvalue weighted by atomic mass is 35.5. The van der Waals surface area contributed by atoms with Crippen LogP contribution < -0.4 is 5.32 Å². The van der Waals surface area contributed by atoms with E-state index >= 15 is 0 Å². The molecule has 3 rings (SSSR count). The van der Waals surface area contributed by atoms with Crippen LogP contribution in [0, 0.1) is 5.92 Å². The van der Waals surface area contributed by atoms with Crippen LogP contribution in [0.5, 0.6) is 0 Å². The highest BCUT2D eigenvalue weighted by Crippen LogP contribution is 2.23. The highest BCUT2D eigenvalue weighted by molar-refractivity contribution is 6.31. The highest BCUT2D eigenvalue weighted by Gasteiger charge is 2.21. The van der Waals surface area contributed by atoms with E-state index in [0.29, 0.717) is 18.9 Å². The minimum Gasteiger partial charge on any atom is -0.376 e. The third-order valence-corrected chi connectivity index (χ3v) is 5.76. The monoisotopic (exact) mass is 390 g/mol. The Morgan fingerprint density at radius 1 is 1.22 bits per heavy atom. The lowest BCUT2D eigenvalue weighted by molar-refractivity contribution is -0.122. The quantitative estimate of drug-likeness (QED) is 0.727. The van der Waals surface area contributed by atoms with Gasteiger partial charge in [0.25, 0.3) is 0 Å². The van der Waals surface area contributed by atoms with Gasteiger partial charge in [0.2, 0.25) is 5.91 Å². The zero-order valence-electron chi connectivity index (χ0n) is 16.0. The molecule has 1 N–H and O–H groups in total. The largest absolute Gasteiger partial charge is 0.376 e. The average Bonchev–Trinajstić information content (AvgIpc) is 3.20. The Morgan fingerprint density at radius 3 is 2.70 bits per heavy atom. The molecule has 0 radical (unpaired) electrons. The first-order chi connectivity index (χ1) is 13.2. The van der Waals surface area contributed by atoms with E-state index in [1.165, 1.54) is 0 Å². The van der Waals surface area contributed by atoms with Crippen molar-refractivity contribution in [3.05, 3.63) is 40.9 Å². The van der Waals surface area contributed by atoms with Gasteiger partial charge >= 0.3 is 0 Å². The van der Waals surface area contributed by atoms with Crippen LogP contribution in [0.3, 0.4) is 0 Å². The van der Waals surface area contributed by atoms with Gasteiger partial charge in [-0.2, -0.15) is 0 Å². The number of carbonyl (C=O) groups excluding carboxylic acids is 1. The molecule has 2 heterocycles. The van der Waals surface area contributed by atoms with E-state index in [1.807, 2.05) is 24.3 Å². The number of amides is 1. The van der Waals surface area contributed by atoms with Crippen molar-refractivity contribution in [1.82, 2.24) is 10.2 Å². The van der Waals surface area contributed by atoms with Crippen molar-refractivity contribution in [1.29, 1.82) is 0 Å². The molecule has 148 valence electrons. The van der Waals surface area contributed by atoms with Crippen molar-refractivity contribution >= 4 is 23.6 Å². The Labute approximate surface area is 167 Å². The number of piperidine rings is 1. The molecule has 1 atom stereocenters. The number of carbonyl (C=O) groups is 1. The Kier molecular flexibility index (Phi) is 8.18. The zero-order valence-corrected chi connectivity index (χ0v) is 16.8. The van der Waals surface area contributed by atoms with Gasteiger partial charge in [0, 0.05) is 31.1 Å². The normalized spacial score (nSPS) is 22.1. The summed E-state index contributed by atoms with van der Waals surface area (Å²) in [6, 6.07) is 10.2. The number of rotatable bonds is 8. The summed E-state index contributed by atoms with van der Waals surface area (Å²) in [6.45, 7) is 4.43. The van der Waals surface area contributed by atoms with Crippen molar-refractivity contribution in [2.75, 3.05) is 32.8 Å². The standard InChI is InChI=1S/C22H31ClN2O2/c23-20(15-19-5-2-1-3-6-19)17-25-12-10-18(11-13-25)8-9-22(26)24-16-21-7-4-14-27-21/h1-3,5-6,15,18,21H,4,7-14,16-17H2,(H,24,26). The number of hydrogen-bond acceptors (Lipinski definition) is 3. The fourth-order valence-electron chi connectivity index (χ4n) is 3.88. The molecule has 2 fully saturated rings. The lowest BCUT2D eigenvalue weighted by Crippen LogP contribution is -2.35. The fourth-order valence-corrected chi connectivity index (χ4v) is 4.17. The van der Waals surface area contributed by atoms with Crippen LogP contribution in [-0.2, 0) is 9.53 Å². The summed E-state index contributed by atoms with van der Waals surface area (Å²) >= 11 is 6.43. The maximum absolute atomic E-state index is 12.0. The second kappa shape index (κ2) is 10.8. The first-order valence-electron chi connectivity index (χ1n) is 10.2. The summed E-state index contributed by atoms with van der Waals surface area (Å²) in [5, 5.41) is 3.91. The minimum atomic E-state index is 0.168. The van der Waals surface area contributed by atoms with Crippen molar-refractivity contribution < 1.29 is 9.53 Å². The Balaban J connectivity index is 1.30. The summed E-state index contributed by atoms with van der Waals surface area (Å²) in [5.41, 5.74) is 1.14. The van der Waals surface area contributed by atoms with Gasteiger partial charge in [0.1, 0.15) is 0 Å². The number of benzene rings is 1. The van der Waals surface area contributed by atoms with E-state index in [4.69, 9.17) is 16.3 Å². The molecule has 0 spiro atoms. The van der Waals surface area contributed by atoms with E-state index in [2.05, 4.69) is 22.3 Å². The number of hydrogen-bond donors (Lipinski definition) is 1. The second-order valence-corrected chi connectivity index (χ2v) is 8.18. The van der Waals surface area contributed by atoms with Crippen LogP contribution in [-0.4, -0.2) is 49.7 Å². The number of ether oxygens (including phenoxy) is 1. The molecule has 2 aliphatic rings. The van der Waals surface area contributed by atoms with Crippen molar-refractivity contribution in [3.8, 4) is 0 Å². The Bertz CT molecular complexity index is 606. The van der Waals surface area contributed by atoms with E-state index in [0.717, 1.165) is 68.9 Å². The van der Waals surface area contributed by atoms with Crippen molar-refractivity contribution in [2.45, 2.75) is 44.6 Å². The van der Waals surface area contributed by atoms with Gasteiger partial charge < -0.3 is 10.1 Å². The maximum Gasteiger partial charge on any atom is 0.220 e. The number of halogens is 1. The molecule has 0 aliphatic carbocycles. The number of nitrogens with zero attached hydrogens (tertiary/aromatic N) is 1. The molecule has 2 saturated heterocycles. The molecular weight excluding hydrogens is 360 g/mol. The molecule has 1 unspecified atom stereocenters. The van der Waals surface area contributed by atoms with Crippen LogP contribution in [0.25, 0.3) is 6.08 Å². The van der Waals surface area contributed by atoms with Gasteiger partial charge in [-0.15, -0.1) is 0 Å². The molecule has 0 saturated carbocycles. The van der Waals surface area contributed by atoms with Crippen molar-refractivity contribution in [2.24, 2.45) is 5.92 Å². The Hall–Kier alpha value is -1.36. The van der Waals surface area contributed by atoms with E-state index < -0.39 is 0 Å². The summed E-state index contributed by atoms with van der Waals surface area (Å²) in [7, 11) is 0. The average molecular weight is 391 g/mol. The lowest BCUT2D eigenvalue weighted by Gasteiger charge is -2.31. The number of likely N-dealkylation sites (tertiary alicyclic amines) is 1. The van der Waals surface area contributed by atoms with Gasteiger partial charge in [0.15, 0.2) is 0 Å². The third-order valence-electron chi connectivity index (χ3n) is 5.54. The second-order valence-electron chi connectivity index (χ2n) is 7.70. The zero-order chi connectivity index (χ0) is 18.9. The minimum absolute atomic E-state index is 0.168. The van der Waals surface area contributed by atoms with Gasteiger partial charge in [0.05, 0.1) is 6.10 Å². The SMILES string of the molecule is O=C(CCC1CCN(CC(Cl)=Cc2ccccc2)CC1)NCC1CCCO1. The van der Waals surface area contributed by atoms with Gasteiger partial charge in [-0.3, -0.25) is 9.69 Å². The molecule has 2 aliphatic heterocycles. The van der Waals surface area contributed by atoms with Crippen LogP contribution in [0.15, 0.2) is 35.4 Å². The molecule has 1 aromatic carbocycles. The molecular formula is C22H31ClN2O2. The molecule has 0 bridgehead atoms. The molecule has 4 nitrogen and oxygen atoms in total. The topological polar surface area (TPSA) is 41.6 Å². The fraction of sp³-hybridized carbons (Fsp3) is 0.591. The maximum atomic E-state index is 12.0. The summed E-state index contributed by atoms with van der Waals surface area (Å²) in [4.78, 5) is 14.4. The molecule has 27 heavy (non-hydrogen) atoms. The summed E-state index contributed by atoms with van der Waals surface area (Å²) in [5.74, 6) is 0.813. The van der Waals surface area contributed by atoms with Gasteiger partial charge in [-0.05, 0) is 62.8 Å². The van der Waals surface area contributed by atoms with Gasteiger partial charge in [-0.25, -0.2) is 0 Å². The summed E-state index contributed by atoms with van der Waals surface area (Å²) < 4.78 is 5.54. The predicted octanol–water partition coefficient (Wildman–Crippen LogP) is 4.05. The van der Waals surface area contributed by atoms with E-state index in [9.17, 15) is 4.79 Å². The third kappa shape index (κ3) is 7.28. The van der Waals surface area contributed by atoms with Crippen molar-refractivity contribution in [3.63, 3.8) is 0 Å².